The molecule has 0 saturated carbocycles. The monoisotopic (exact) mass is 360 g/mol. The summed E-state index contributed by atoms with van der Waals surface area (Å²) < 4.78 is 0. The van der Waals surface area contributed by atoms with Crippen LogP contribution in [0.2, 0.25) is 0 Å². The molecule has 0 radical (unpaired) electrons. The summed E-state index contributed by atoms with van der Waals surface area (Å²) in [6.07, 6.45) is 14.9. The standard InChI is InChI=1S/C22H36N2S/c1-2-3-4-5-6-7-8-9-10-13-17-23-22(25)24-18-16-20-14-11-12-15-21(20)19-24/h11-12,14-15H,2-10,13,16-19H2,1H3,(H,23,25). The molecule has 2 nitrogen and oxygen atoms in total. The molecule has 0 spiro atoms. The first kappa shape index (κ1) is 20.2. The predicted molar refractivity (Wildman–Crippen MR) is 113 cm³/mol. The summed E-state index contributed by atoms with van der Waals surface area (Å²) in [5, 5.41) is 4.40. The molecule has 0 unspecified atom stereocenters. The molecule has 3 heteroatoms. The Morgan fingerprint density at radius 3 is 2.20 bits per heavy atom. The zero-order valence-electron chi connectivity index (χ0n) is 16.1. The third-order valence-corrected chi connectivity index (χ3v) is 5.63. The van der Waals surface area contributed by atoms with Crippen LogP contribution < -0.4 is 5.32 Å². The van der Waals surface area contributed by atoms with Gasteiger partial charge < -0.3 is 10.2 Å². The van der Waals surface area contributed by atoms with E-state index in [-0.39, 0.29) is 0 Å². The second-order valence-corrected chi connectivity index (χ2v) is 7.74. The van der Waals surface area contributed by atoms with Crippen LogP contribution in [-0.2, 0) is 13.0 Å². The van der Waals surface area contributed by atoms with Crippen molar-refractivity contribution in [2.24, 2.45) is 0 Å². The van der Waals surface area contributed by atoms with Crippen LogP contribution in [0.3, 0.4) is 0 Å². The summed E-state index contributed by atoms with van der Waals surface area (Å²) in [4.78, 5) is 2.31. The Kier molecular flexibility index (Phi) is 9.95. The highest BCUT2D eigenvalue weighted by molar-refractivity contribution is 7.80. The average Bonchev–Trinajstić information content (AvgIpc) is 2.65. The average molecular weight is 361 g/mol. The molecule has 2 rings (SSSR count). The fourth-order valence-corrected chi connectivity index (χ4v) is 3.85. The Morgan fingerprint density at radius 2 is 1.52 bits per heavy atom. The normalized spacial score (nSPS) is 13.6. The summed E-state index contributed by atoms with van der Waals surface area (Å²) in [6, 6.07) is 8.73. The topological polar surface area (TPSA) is 15.3 Å². The highest BCUT2D eigenvalue weighted by Crippen LogP contribution is 2.18. The van der Waals surface area contributed by atoms with Crippen LogP contribution in [0.4, 0.5) is 0 Å². The summed E-state index contributed by atoms with van der Waals surface area (Å²) in [7, 11) is 0. The Labute approximate surface area is 160 Å². The first-order valence-electron chi connectivity index (χ1n) is 10.4. The lowest BCUT2D eigenvalue weighted by atomic mass is 10.0. The molecule has 0 bridgehead atoms. The van der Waals surface area contributed by atoms with Gasteiger partial charge in [-0.1, -0.05) is 89.0 Å². The van der Waals surface area contributed by atoms with Gasteiger partial charge in [0.1, 0.15) is 0 Å². The molecular weight excluding hydrogens is 324 g/mol. The van der Waals surface area contributed by atoms with Gasteiger partial charge in [0.25, 0.3) is 0 Å². The Bertz CT molecular complexity index is 501. The predicted octanol–water partition coefficient (Wildman–Crippen LogP) is 5.84. The lowest BCUT2D eigenvalue weighted by Gasteiger charge is -2.31. The molecule has 1 heterocycles. The fraction of sp³-hybridized carbons (Fsp3) is 0.682. The van der Waals surface area contributed by atoms with Crippen LogP contribution in [0, 0.1) is 0 Å². The molecule has 25 heavy (non-hydrogen) atoms. The molecule has 1 N–H and O–H groups in total. The van der Waals surface area contributed by atoms with Crippen LogP contribution in [0.1, 0.15) is 82.3 Å². The number of hydrogen-bond donors (Lipinski definition) is 1. The van der Waals surface area contributed by atoms with Crippen LogP contribution in [0.15, 0.2) is 24.3 Å². The van der Waals surface area contributed by atoms with Crippen molar-refractivity contribution in [2.45, 2.75) is 84.1 Å². The van der Waals surface area contributed by atoms with Gasteiger partial charge in [-0.15, -0.1) is 0 Å². The minimum absolute atomic E-state index is 0.936. The third kappa shape index (κ3) is 7.77. The number of unbranched alkanes of at least 4 members (excludes halogenated alkanes) is 9. The number of thiocarbonyl (C=S) groups is 1. The number of benzene rings is 1. The van der Waals surface area contributed by atoms with Crippen molar-refractivity contribution >= 4 is 17.3 Å². The minimum atomic E-state index is 0.936. The van der Waals surface area contributed by atoms with E-state index in [0.29, 0.717) is 0 Å². The van der Waals surface area contributed by atoms with Gasteiger partial charge in [0.15, 0.2) is 5.11 Å². The van der Waals surface area contributed by atoms with Gasteiger partial charge in [0, 0.05) is 19.6 Å². The summed E-state index contributed by atoms with van der Waals surface area (Å²) in [5.41, 5.74) is 2.91. The zero-order chi connectivity index (χ0) is 17.7. The molecule has 0 atom stereocenters. The van der Waals surface area contributed by atoms with Crippen molar-refractivity contribution in [2.75, 3.05) is 13.1 Å². The molecule has 0 saturated heterocycles. The van der Waals surface area contributed by atoms with Gasteiger partial charge in [-0.05, 0) is 36.2 Å². The lowest BCUT2D eigenvalue weighted by molar-refractivity contribution is 0.386. The van der Waals surface area contributed by atoms with Gasteiger partial charge in [0.2, 0.25) is 0 Å². The van der Waals surface area contributed by atoms with Crippen LogP contribution in [0.25, 0.3) is 0 Å². The molecular formula is C22H36N2S. The molecule has 0 aromatic heterocycles. The summed E-state index contributed by atoms with van der Waals surface area (Å²) in [5.74, 6) is 0. The zero-order valence-corrected chi connectivity index (χ0v) is 16.9. The van der Waals surface area contributed by atoms with E-state index in [4.69, 9.17) is 12.2 Å². The van der Waals surface area contributed by atoms with Crippen molar-refractivity contribution < 1.29 is 0 Å². The van der Waals surface area contributed by atoms with E-state index < -0.39 is 0 Å². The van der Waals surface area contributed by atoms with E-state index >= 15 is 0 Å². The number of nitrogens with zero attached hydrogens (tertiary/aromatic N) is 1. The van der Waals surface area contributed by atoms with Gasteiger partial charge in [0.05, 0.1) is 0 Å². The number of hydrogen-bond acceptors (Lipinski definition) is 1. The number of rotatable bonds is 11. The summed E-state index contributed by atoms with van der Waals surface area (Å²) >= 11 is 5.59. The van der Waals surface area contributed by atoms with Crippen molar-refractivity contribution in [1.82, 2.24) is 10.2 Å². The first-order chi connectivity index (χ1) is 12.3. The van der Waals surface area contributed by atoms with Crippen molar-refractivity contribution in [3.63, 3.8) is 0 Å². The molecule has 1 aromatic carbocycles. The maximum absolute atomic E-state index is 5.59. The maximum Gasteiger partial charge on any atom is 0.169 e. The molecule has 0 fully saturated rings. The van der Waals surface area contributed by atoms with Crippen LogP contribution in [-0.4, -0.2) is 23.1 Å². The smallest absolute Gasteiger partial charge is 0.169 e. The largest absolute Gasteiger partial charge is 0.363 e. The van der Waals surface area contributed by atoms with Crippen molar-refractivity contribution in [3.05, 3.63) is 35.4 Å². The van der Waals surface area contributed by atoms with E-state index in [1.807, 2.05) is 0 Å². The Hall–Kier alpha value is -1.09. The molecule has 0 aliphatic carbocycles. The van der Waals surface area contributed by atoms with E-state index in [9.17, 15) is 0 Å². The first-order valence-corrected chi connectivity index (χ1v) is 10.8. The Balaban J connectivity index is 1.47. The van der Waals surface area contributed by atoms with Gasteiger partial charge >= 0.3 is 0 Å². The number of fused-ring (bicyclic) bond motifs is 1. The highest BCUT2D eigenvalue weighted by atomic mass is 32.1. The molecule has 0 amide bonds. The van der Waals surface area contributed by atoms with Gasteiger partial charge in [-0.25, -0.2) is 0 Å². The highest BCUT2D eigenvalue weighted by Gasteiger charge is 2.17. The van der Waals surface area contributed by atoms with Crippen LogP contribution in [0.5, 0.6) is 0 Å². The second kappa shape index (κ2) is 12.3. The van der Waals surface area contributed by atoms with Gasteiger partial charge in [-0.3, -0.25) is 0 Å². The molecule has 1 aliphatic heterocycles. The van der Waals surface area contributed by atoms with E-state index in [2.05, 4.69) is 41.4 Å². The Morgan fingerprint density at radius 1 is 0.920 bits per heavy atom. The molecule has 140 valence electrons. The quantitative estimate of drug-likeness (QED) is 0.394. The lowest BCUT2D eigenvalue weighted by Crippen LogP contribution is -2.42. The van der Waals surface area contributed by atoms with E-state index in [1.165, 1.54) is 75.3 Å². The van der Waals surface area contributed by atoms with E-state index in [0.717, 1.165) is 31.2 Å². The second-order valence-electron chi connectivity index (χ2n) is 7.35. The van der Waals surface area contributed by atoms with Gasteiger partial charge in [-0.2, -0.15) is 0 Å². The minimum Gasteiger partial charge on any atom is -0.363 e. The van der Waals surface area contributed by atoms with Crippen molar-refractivity contribution in [3.8, 4) is 0 Å². The molecule has 1 aliphatic rings. The van der Waals surface area contributed by atoms with Crippen LogP contribution >= 0.6 is 12.2 Å². The third-order valence-electron chi connectivity index (χ3n) is 5.22. The summed E-state index contributed by atoms with van der Waals surface area (Å²) in [6.45, 7) is 5.30. The van der Waals surface area contributed by atoms with Crippen molar-refractivity contribution in [1.29, 1.82) is 0 Å². The van der Waals surface area contributed by atoms with E-state index in [1.54, 1.807) is 0 Å². The number of nitrogens with one attached hydrogen (secondary N) is 1. The SMILES string of the molecule is CCCCCCCCCCCCNC(=S)N1CCc2ccccc2C1. The molecule has 1 aromatic rings. The fourth-order valence-electron chi connectivity index (χ4n) is 3.59. The maximum atomic E-state index is 5.59.